The second kappa shape index (κ2) is 17.7. The quantitative estimate of drug-likeness (QED) is 0.100. The molecule has 0 fully saturated rings. The van der Waals surface area contributed by atoms with Crippen molar-refractivity contribution in [1.29, 1.82) is 0 Å². The van der Waals surface area contributed by atoms with Crippen LogP contribution in [0.5, 0.6) is 0 Å². The maximum Gasteiger partial charge on any atom is 0.307 e. The Morgan fingerprint density at radius 3 is 1.17 bits per heavy atom. The Morgan fingerprint density at radius 2 is 0.859 bits per heavy atom. The Morgan fingerprint density at radius 1 is 0.531 bits per heavy atom. The first-order valence-electron chi connectivity index (χ1n) is 20.6. The van der Waals surface area contributed by atoms with E-state index < -0.39 is 42.8 Å². The number of benzene rings is 4. The number of aromatic nitrogens is 2. The summed E-state index contributed by atoms with van der Waals surface area (Å²) < 4.78 is 72.5. The van der Waals surface area contributed by atoms with E-state index in [0.717, 1.165) is 44.8 Å². The number of hydrogen-bond acceptors (Lipinski definition) is 8. The zero-order valence-corrected chi connectivity index (χ0v) is 38.4. The van der Waals surface area contributed by atoms with Crippen molar-refractivity contribution in [2.75, 3.05) is 13.1 Å². The van der Waals surface area contributed by atoms with Gasteiger partial charge in [0.2, 0.25) is 20.0 Å². The topological polar surface area (TPSA) is 137 Å². The molecule has 0 N–H and O–H groups in total. The number of ether oxygens (including phenoxy) is 2. The minimum atomic E-state index is -3.82. The molecule has 0 saturated heterocycles. The molecule has 2 aliphatic rings. The summed E-state index contributed by atoms with van der Waals surface area (Å²) in [5.74, 6) is -0.595. The molecule has 0 radical (unpaired) electrons. The van der Waals surface area contributed by atoms with E-state index in [2.05, 4.69) is 13.2 Å². The van der Waals surface area contributed by atoms with Crippen molar-refractivity contribution in [2.45, 2.75) is 61.4 Å². The van der Waals surface area contributed by atoms with Crippen LogP contribution in [0, 0.1) is 13.8 Å². The molecular weight excluding hydrogens is 849 g/mol. The fraction of sp³-hybridized carbons (Fsp3) is 0.240. The van der Waals surface area contributed by atoms with E-state index in [1.165, 1.54) is 22.5 Å². The zero-order valence-electron chi connectivity index (χ0n) is 36.8. The number of esters is 2. The highest BCUT2D eigenvalue weighted by Gasteiger charge is 2.51. The summed E-state index contributed by atoms with van der Waals surface area (Å²) >= 11 is 0. The molecule has 2 atom stereocenters. The number of fused-ring (bicyclic) bond motifs is 2. The number of hydrogen-bond donors (Lipinski definition) is 0. The van der Waals surface area contributed by atoms with Crippen LogP contribution in [0.15, 0.2) is 168 Å². The average molecular weight is 901 g/mol. The van der Waals surface area contributed by atoms with Crippen molar-refractivity contribution < 1.29 is 35.9 Å². The SMILES string of the molecule is C=C(OC(C)=O)[C@@]1(c2ccccc2)CN(S(=O)(=O)c2ccc(C)cc2)Cc2c1ccn2C.C=C(OC(C)=O)[C@@]1(c2ccccc2)CN(S(=O)(=O)c2ccc(C)cc2)Cc2c1ccn2C. The number of rotatable bonds is 10. The van der Waals surface area contributed by atoms with Crippen molar-refractivity contribution in [1.82, 2.24) is 17.7 Å². The van der Waals surface area contributed by atoms with Gasteiger partial charge in [0.05, 0.1) is 33.7 Å². The monoisotopic (exact) mass is 900 g/mol. The molecule has 4 aromatic carbocycles. The number of aryl methyl sites for hydroxylation is 4. The predicted molar refractivity (Wildman–Crippen MR) is 245 cm³/mol. The van der Waals surface area contributed by atoms with E-state index in [4.69, 9.17) is 9.47 Å². The molecule has 0 saturated carbocycles. The van der Waals surface area contributed by atoms with Gasteiger partial charge in [0.15, 0.2) is 0 Å². The molecule has 64 heavy (non-hydrogen) atoms. The molecule has 2 aliphatic heterocycles. The summed E-state index contributed by atoms with van der Waals surface area (Å²) in [5, 5.41) is 0. The van der Waals surface area contributed by atoms with Gasteiger partial charge in [-0.2, -0.15) is 8.61 Å². The number of nitrogens with zero attached hydrogens (tertiary/aromatic N) is 4. The molecule has 0 aliphatic carbocycles. The molecule has 0 bridgehead atoms. The average Bonchev–Trinajstić information content (AvgIpc) is 3.85. The largest absolute Gasteiger partial charge is 0.431 e. The molecule has 332 valence electrons. The Hall–Kier alpha value is -6.32. The first kappa shape index (κ1) is 45.7. The maximum atomic E-state index is 13.7. The van der Waals surface area contributed by atoms with Gasteiger partial charge in [0.25, 0.3) is 0 Å². The lowest BCUT2D eigenvalue weighted by atomic mass is 9.71. The number of sulfonamides is 2. The van der Waals surface area contributed by atoms with Crippen molar-refractivity contribution >= 4 is 32.0 Å². The zero-order chi connectivity index (χ0) is 46.2. The fourth-order valence-electron chi connectivity index (χ4n) is 8.76. The third-order valence-corrected chi connectivity index (χ3v) is 15.8. The minimum Gasteiger partial charge on any atom is -0.431 e. The van der Waals surface area contributed by atoms with Gasteiger partial charge < -0.3 is 18.6 Å². The summed E-state index contributed by atoms with van der Waals surface area (Å²) in [6.45, 7) is 15.2. The standard InChI is InChI=1S/2C25H26N2O4S/c2*1-18-10-12-22(13-11-18)32(29,30)27-16-24-23(14-15-26(24)4)25(17-27,19(2)31-20(3)28)21-8-6-5-7-9-21/h2*5-15H,2,16-17H2,1,3-4H3/t2*25-/m11/s1. The van der Waals surface area contributed by atoms with Gasteiger partial charge in [-0.05, 0) is 72.5 Å². The second-order valence-corrected chi connectivity index (χ2v) is 20.2. The van der Waals surface area contributed by atoms with Gasteiger partial charge in [-0.1, -0.05) is 109 Å². The van der Waals surface area contributed by atoms with E-state index in [0.29, 0.717) is 0 Å². The molecule has 12 nitrogen and oxygen atoms in total. The van der Waals surface area contributed by atoms with Crippen molar-refractivity contribution in [3.8, 4) is 0 Å². The van der Waals surface area contributed by atoms with Crippen LogP contribution in [-0.2, 0) is 77.1 Å². The number of carbonyl (C=O) groups is 2. The van der Waals surface area contributed by atoms with Crippen LogP contribution in [0.25, 0.3) is 0 Å². The molecule has 0 spiro atoms. The Kier molecular flexibility index (Phi) is 12.6. The van der Waals surface area contributed by atoms with Crippen LogP contribution in [0.4, 0.5) is 0 Å². The Balaban J connectivity index is 0.000000191. The first-order chi connectivity index (χ1) is 30.3. The van der Waals surface area contributed by atoms with E-state index >= 15 is 0 Å². The second-order valence-electron chi connectivity index (χ2n) is 16.3. The van der Waals surface area contributed by atoms with Crippen molar-refractivity contribution in [2.24, 2.45) is 14.1 Å². The van der Waals surface area contributed by atoms with Crippen molar-refractivity contribution in [3.05, 3.63) is 203 Å². The molecule has 2 aromatic heterocycles. The molecule has 0 amide bonds. The minimum absolute atomic E-state index is 0.0658. The van der Waals surface area contributed by atoms with E-state index in [1.807, 2.05) is 122 Å². The molecule has 6 aromatic rings. The summed E-state index contributed by atoms with van der Waals surface area (Å²) in [6, 6.07) is 36.5. The number of carbonyl (C=O) groups excluding carboxylic acids is 2. The fourth-order valence-corrected chi connectivity index (χ4v) is 11.6. The molecule has 8 rings (SSSR count). The normalized spacial score (nSPS) is 18.7. The molecule has 14 heteroatoms. The van der Waals surface area contributed by atoms with Crippen LogP contribution < -0.4 is 0 Å². The highest BCUT2D eigenvalue weighted by atomic mass is 32.2. The van der Waals surface area contributed by atoms with Crippen LogP contribution in [-0.4, -0.2) is 59.6 Å². The van der Waals surface area contributed by atoms with Crippen LogP contribution >= 0.6 is 0 Å². The van der Waals surface area contributed by atoms with Crippen LogP contribution in [0.1, 0.15) is 58.6 Å². The summed E-state index contributed by atoms with van der Waals surface area (Å²) in [5.41, 5.74) is 4.90. The maximum absolute atomic E-state index is 13.7. The van der Waals surface area contributed by atoms with E-state index in [9.17, 15) is 26.4 Å². The van der Waals surface area contributed by atoms with Crippen LogP contribution in [0.3, 0.4) is 0 Å². The van der Waals surface area contributed by atoms with Gasteiger partial charge in [-0.25, -0.2) is 16.8 Å². The highest BCUT2D eigenvalue weighted by Crippen LogP contribution is 2.48. The smallest absolute Gasteiger partial charge is 0.307 e. The highest BCUT2D eigenvalue weighted by molar-refractivity contribution is 7.89. The Labute approximate surface area is 375 Å². The van der Waals surface area contributed by atoms with Gasteiger partial charge in [0.1, 0.15) is 11.5 Å². The van der Waals surface area contributed by atoms with Gasteiger partial charge in [-0.15, -0.1) is 0 Å². The van der Waals surface area contributed by atoms with E-state index in [-0.39, 0.29) is 47.5 Å². The first-order valence-corrected chi connectivity index (χ1v) is 23.5. The van der Waals surface area contributed by atoms with Gasteiger partial charge >= 0.3 is 11.9 Å². The van der Waals surface area contributed by atoms with Crippen LogP contribution in [0.2, 0.25) is 0 Å². The Bertz CT molecular complexity index is 2760. The predicted octanol–water partition coefficient (Wildman–Crippen LogP) is 7.80. The summed E-state index contributed by atoms with van der Waals surface area (Å²) in [6.07, 6.45) is 3.79. The van der Waals surface area contributed by atoms with Gasteiger partial charge in [0, 0.05) is 64.8 Å². The molecular formula is C50H52N4O8S2. The third kappa shape index (κ3) is 8.29. The van der Waals surface area contributed by atoms with Gasteiger partial charge in [-0.3, -0.25) is 9.59 Å². The summed E-state index contributed by atoms with van der Waals surface area (Å²) in [7, 11) is -3.88. The van der Waals surface area contributed by atoms with Crippen molar-refractivity contribution in [3.63, 3.8) is 0 Å². The lowest BCUT2D eigenvalue weighted by molar-refractivity contribution is -0.138. The lowest BCUT2D eigenvalue weighted by Gasteiger charge is -2.43. The summed E-state index contributed by atoms with van der Waals surface area (Å²) in [4.78, 5) is 24.2. The molecule has 4 heterocycles. The van der Waals surface area contributed by atoms with E-state index in [1.54, 1.807) is 48.5 Å². The molecule has 0 unspecified atom stereocenters. The third-order valence-electron chi connectivity index (χ3n) is 12.1. The lowest BCUT2D eigenvalue weighted by Crippen LogP contribution is -2.50.